The van der Waals surface area contributed by atoms with Gasteiger partial charge < -0.3 is 0 Å². The number of aliphatic imine (C=N–C) groups is 1. The SMILES string of the molecule is CCCc1cc(F)c(C#Cc2ccc(-c3ccc(N=C=S)c(F)c3)c(F)c2)c(F)c1. The first-order valence-electron chi connectivity index (χ1n) is 9.10. The molecule has 1 nitrogen and oxygen atoms in total. The molecule has 0 saturated heterocycles. The fraction of sp³-hybridized carbons (Fsp3) is 0.125. The largest absolute Gasteiger partial charge is 0.206 e. The Labute approximate surface area is 177 Å². The summed E-state index contributed by atoms with van der Waals surface area (Å²) in [6, 6.07) is 10.6. The molecule has 0 bridgehead atoms. The van der Waals surface area contributed by atoms with Crippen molar-refractivity contribution in [3.05, 3.63) is 88.5 Å². The number of hydrogen-bond donors (Lipinski definition) is 0. The van der Waals surface area contributed by atoms with E-state index in [2.05, 4.69) is 34.2 Å². The van der Waals surface area contributed by atoms with Crippen LogP contribution in [0.5, 0.6) is 0 Å². The Morgan fingerprint density at radius 3 is 2.17 bits per heavy atom. The molecule has 150 valence electrons. The Morgan fingerprint density at radius 2 is 1.57 bits per heavy atom. The Bertz CT molecular complexity index is 1190. The Hall–Kier alpha value is -3.26. The summed E-state index contributed by atoms with van der Waals surface area (Å²) in [4.78, 5) is 3.58. The zero-order chi connectivity index (χ0) is 21.7. The van der Waals surface area contributed by atoms with E-state index in [-0.39, 0.29) is 22.4 Å². The van der Waals surface area contributed by atoms with Crippen molar-refractivity contribution in [2.75, 3.05) is 0 Å². The van der Waals surface area contributed by atoms with Crippen LogP contribution in [0.3, 0.4) is 0 Å². The standard InChI is InChI=1S/C24H15F4NS/c1-2-3-16-11-21(26)19(22(27)12-16)8-5-15-4-7-18(20(25)10-15)17-6-9-24(29-14-30)23(28)13-17/h4,6-7,9-13H,2-3H2,1H3. The van der Waals surface area contributed by atoms with Gasteiger partial charge in [-0.1, -0.05) is 37.3 Å². The summed E-state index contributed by atoms with van der Waals surface area (Å²) in [5, 5.41) is 2.07. The fourth-order valence-corrected chi connectivity index (χ4v) is 3.05. The Balaban J connectivity index is 1.91. The van der Waals surface area contributed by atoms with Gasteiger partial charge in [0.15, 0.2) is 0 Å². The monoisotopic (exact) mass is 425 g/mol. The van der Waals surface area contributed by atoms with Crippen molar-refractivity contribution in [2.45, 2.75) is 19.8 Å². The van der Waals surface area contributed by atoms with E-state index in [0.717, 1.165) is 18.6 Å². The highest BCUT2D eigenvalue weighted by atomic mass is 32.1. The number of halogens is 4. The van der Waals surface area contributed by atoms with Crippen LogP contribution in [0.15, 0.2) is 53.5 Å². The van der Waals surface area contributed by atoms with E-state index in [4.69, 9.17) is 0 Å². The number of rotatable bonds is 4. The summed E-state index contributed by atoms with van der Waals surface area (Å²) < 4.78 is 56.9. The van der Waals surface area contributed by atoms with Crippen LogP contribution >= 0.6 is 12.2 Å². The van der Waals surface area contributed by atoms with E-state index in [0.29, 0.717) is 17.5 Å². The molecule has 30 heavy (non-hydrogen) atoms. The zero-order valence-corrected chi connectivity index (χ0v) is 16.7. The third kappa shape index (κ3) is 4.83. The van der Waals surface area contributed by atoms with Crippen LogP contribution in [-0.4, -0.2) is 5.16 Å². The minimum Gasteiger partial charge on any atom is -0.206 e. The lowest BCUT2D eigenvalue weighted by Crippen LogP contribution is -1.95. The first-order chi connectivity index (χ1) is 14.4. The molecule has 3 aromatic carbocycles. The van der Waals surface area contributed by atoms with E-state index < -0.39 is 23.3 Å². The van der Waals surface area contributed by atoms with Gasteiger partial charge in [0.05, 0.1) is 10.7 Å². The van der Waals surface area contributed by atoms with Crippen molar-refractivity contribution in [3.63, 3.8) is 0 Å². The van der Waals surface area contributed by atoms with Crippen molar-refractivity contribution in [1.82, 2.24) is 0 Å². The molecule has 0 aliphatic heterocycles. The molecule has 0 fully saturated rings. The second kappa shape index (κ2) is 9.49. The van der Waals surface area contributed by atoms with Crippen molar-refractivity contribution in [1.29, 1.82) is 0 Å². The topological polar surface area (TPSA) is 12.4 Å². The number of thiocarbonyl (C=S) groups is 1. The van der Waals surface area contributed by atoms with Gasteiger partial charge in [0.2, 0.25) is 0 Å². The lowest BCUT2D eigenvalue weighted by Gasteiger charge is -2.05. The smallest absolute Gasteiger partial charge is 0.150 e. The lowest BCUT2D eigenvalue weighted by atomic mass is 10.0. The van der Waals surface area contributed by atoms with E-state index >= 15 is 0 Å². The summed E-state index contributed by atoms with van der Waals surface area (Å²) >= 11 is 4.45. The molecule has 0 aliphatic carbocycles. The molecular formula is C24H15F4NS. The fourth-order valence-electron chi connectivity index (χ4n) is 2.95. The first-order valence-corrected chi connectivity index (χ1v) is 9.51. The van der Waals surface area contributed by atoms with E-state index in [9.17, 15) is 17.6 Å². The Morgan fingerprint density at radius 1 is 0.833 bits per heavy atom. The summed E-state index contributed by atoms with van der Waals surface area (Å²) in [6.07, 6.45) is 1.33. The molecule has 3 aromatic rings. The van der Waals surface area contributed by atoms with Crippen LogP contribution in [0.25, 0.3) is 11.1 Å². The van der Waals surface area contributed by atoms with Gasteiger partial charge in [-0.25, -0.2) is 17.6 Å². The number of nitrogens with zero attached hydrogens (tertiary/aromatic N) is 1. The van der Waals surface area contributed by atoms with Crippen molar-refractivity contribution in [2.24, 2.45) is 4.99 Å². The van der Waals surface area contributed by atoms with Crippen molar-refractivity contribution < 1.29 is 17.6 Å². The van der Waals surface area contributed by atoms with Gasteiger partial charge in [-0.3, -0.25) is 0 Å². The normalized spacial score (nSPS) is 10.2. The predicted octanol–water partition coefficient (Wildman–Crippen LogP) is 7.00. The molecule has 0 atom stereocenters. The van der Waals surface area contributed by atoms with E-state index in [1.165, 1.54) is 36.4 Å². The van der Waals surface area contributed by atoms with Crippen LogP contribution in [0.4, 0.5) is 23.2 Å². The highest BCUT2D eigenvalue weighted by Gasteiger charge is 2.11. The molecule has 0 saturated carbocycles. The van der Waals surface area contributed by atoms with Gasteiger partial charge in [-0.05, 0) is 66.2 Å². The zero-order valence-electron chi connectivity index (χ0n) is 15.9. The molecule has 0 amide bonds. The minimum absolute atomic E-state index is 0.00523. The summed E-state index contributed by atoms with van der Waals surface area (Å²) in [5.41, 5.74) is 0.884. The second-order valence-electron chi connectivity index (χ2n) is 6.50. The van der Waals surface area contributed by atoms with Gasteiger partial charge in [0, 0.05) is 11.1 Å². The molecule has 0 aliphatic rings. The van der Waals surface area contributed by atoms with Crippen LogP contribution < -0.4 is 0 Å². The van der Waals surface area contributed by atoms with Crippen molar-refractivity contribution >= 4 is 23.1 Å². The van der Waals surface area contributed by atoms with Crippen LogP contribution in [-0.2, 0) is 6.42 Å². The minimum atomic E-state index is -0.752. The predicted molar refractivity (Wildman–Crippen MR) is 113 cm³/mol. The maximum absolute atomic E-state index is 14.5. The number of hydrogen-bond acceptors (Lipinski definition) is 2. The van der Waals surface area contributed by atoms with Gasteiger partial charge in [0.1, 0.15) is 29.0 Å². The number of aryl methyl sites for hydroxylation is 1. The average Bonchev–Trinajstić information content (AvgIpc) is 2.69. The molecular weight excluding hydrogens is 410 g/mol. The van der Waals surface area contributed by atoms with Crippen LogP contribution in [0.2, 0.25) is 0 Å². The first kappa shape index (κ1) is 21.4. The maximum Gasteiger partial charge on any atom is 0.150 e. The summed E-state index contributed by atoms with van der Waals surface area (Å²) in [5.74, 6) is 2.19. The molecule has 0 unspecified atom stereocenters. The molecule has 6 heteroatoms. The maximum atomic E-state index is 14.5. The van der Waals surface area contributed by atoms with Crippen LogP contribution in [0, 0.1) is 35.1 Å². The third-order valence-electron chi connectivity index (χ3n) is 4.37. The summed E-state index contributed by atoms with van der Waals surface area (Å²) in [6.45, 7) is 1.91. The summed E-state index contributed by atoms with van der Waals surface area (Å²) in [7, 11) is 0. The van der Waals surface area contributed by atoms with E-state index in [1.807, 2.05) is 6.92 Å². The van der Waals surface area contributed by atoms with E-state index in [1.54, 1.807) is 0 Å². The molecule has 0 heterocycles. The number of benzene rings is 3. The highest BCUT2D eigenvalue weighted by Crippen LogP contribution is 2.28. The molecule has 0 radical (unpaired) electrons. The Kier molecular flexibility index (Phi) is 6.79. The van der Waals surface area contributed by atoms with Gasteiger partial charge in [0.25, 0.3) is 0 Å². The molecule has 0 spiro atoms. The van der Waals surface area contributed by atoms with Crippen molar-refractivity contribution in [3.8, 4) is 23.0 Å². The van der Waals surface area contributed by atoms with Gasteiger partial charge in [-0.15, -0.1) is 0 Å². The second-order valence-corrected chi connectivity index (χ2v) is 6.68. The quantitative estimate of drug-likeness (QED) is 0.190. The average molecular weight is 425 g/mol. The molecule has 0 N–H and O–H groups in total. The third-order valence-corrected chi connectivity index (χ3v) is 4.46. The highest BCUT2D eigenvalue weighted by molar-refractivity contribution is 7.78. The number of isothiocyanates is 1. The van der Waals surface area contributed by atoms with Gasteiger partial charge >= 0.3 is 0 Å². The lowest BCUT2D eigenvalue weighted by molar-refractivity contribution is 0.573. The molecule has 3 rings (SSSR count). The molecule has 0 aromatic heterocycles. The van der Waals surface area contributed by atoms with Crippen LogP contribution in [0.1, 0.15) is 30.0 Å². The van der Waals surface area contributed by atoms with Gasteiger partial charge in [-0.2, -0.15) is 4.99 Å².